The van der Waals surface area contributed by atoms with Crippen LogP contribution in [0.4, 0.5) is 4.39 Å². The fourth-order valence-electron chi connectivity index (χ4n) is 3.57. The average molecular weight is 263 g/mol. The predicted octanol–water partition coefficient (Wildman–Crippen LogP) is 3.04. The first-order chi connectivity index (χ1) is 9.13. The number of halogens is 1. The minimum atomic E-state index is -0.547. The van der Waals surface area contributed by atoms with E-state index in [0.29, 0.717) is 17.5 Å². The van der Waals surface area contributed by atoms with Crippen LogP contribution in [0.5, 0.6) is 0 Å². The zero-order valence-corrected chi connectivity index (χ0v) is 11.5. The molecule has 1 aromatic carbocycles. The first kappa shape index (κ1) is 13.1. The van der Waals surface area contributed by atoms with Gasteiger partial charge in [0.1, 0.15) is 5.82 Å². The summed E-state index contributed by atoms with van der Waals surface area (Å²) in [5, 5.41) is 10.2. The highest BCUT2D eigenvalue weighted by Gasteiger charge is 2.37. The standard InChI is InChI=1S/C16H22FNO/c1-11-2-4-13(9-15(11)17)16(19)6-7-18-10-12-3-5-14(18)8-12/h2,4,9,12,14,16,19H,3,5-8,10H2,1H3. The van der Waals surface area contributed by atoms with Gasteiger partial charge in [0.15, 0.2) is 0 Å². The first-order valence-electron chi connectivity index (χ1n) is 7.31. The van der Waals surface area contributed by atoms with Gasteiger partial charge < -0.3 is 5.11 Å². The summed E-state index contributed by atoms with van der Waals surface area (Å²) in [6.07, 6.45) is 4.20. The van der Waals surface area contributed by atoms with Crippen molar-refractivity contribution in [3.8, 4) is 0 Å². The van der Waals surface area contributed by atoms with Crippen LogP contribution < -0.4 is 0 Å². The molecule has 2 fully saturated rings. The number of piperidine rings is 1. The van der Waals surface area contributed by atoms with Gasteiger partial charge in [-0.25, -0.2) is 4.39 Å². The van der Waals surface area contributed by atoms with E-state index < -0.39 is 6.10 Å². The van der Waals surface area contributed by atoms with Crippen LogP contribution in [0.25, 0.3) is 0 Å². The molecule has 1 heterocycles. The third-order valence-electron chi connectivity index (χ3n) is 4.79. The van der Waals surface area contributed by atoms with E-state index in [1.165, 1.54) is 31.9 Å². The van der Waals surface area contributed by atoms with Crippen LogP contribution in [0, 0.1) is 18.7 Å². The highest BCUT2D eigenvalue weighted by Crippen LogP contribution is 2.37. The van der Waals surface area contributed by atoms with Crippen molar-refractivity contribution in [2.75, 3.05) is 13.1 Å². The summed E-state index contributed by atoms with van der Waals surface area (Å²) in [4.78, 5) is 2.50. The molecular formula is C16H22FNO. The molecule has 3 unspecified atom stereocenters. The molecule has 19 heavy (non-hydrogen) atoms. The van der Waals surface area contributed by atoms with Crippen molar-refractivity contribution in [3.05, 3.63) is 35.1 Å². The molecule has 1 aromatic rings. The average Bonchev–Trinajstić information content (AvgIpc) is 3.01. The molecule has 3 atom stereocenters. The van der Waals surface area contributed by atoms with Crippen LogP contribution in [0.3, 0.4) is 0 Å². The number of aliphatic hydroxyl groups excluding tert-OH is 1. The molecule has 0 radical (unpaired) electrons. The Bertz CT molecular complexity index is 462. The van der Waals surface area contributed by atoms with Crippen LogP contribution in [0.2, 0.25) is 0 Å². The maximum absolute atomic E-state index is 13.5. The molecule has 1 N–H and O–H groups in total. The summed E-state index contributed by atoms with van der Waals surface area (Å²) in [6.45, 7) is 3.87. The maximum atomic E-state index is 13.5. The van der Waals surface area contributed by atoms with Crippen molar-refractivity contribution >= 4 is 0 Å². The fraction of sp³-hybridized carbons (Fsp3) is 0.625. The Morgan fingerprint density at radius 1 is 1.42 bits per heavy atom. The third-order valence-corrected chi connectivity index (χ3v) is 4.79. The second-order valence-corrected chi connectivity index (χ2v) is 6.14. The zero-order chi connectivity index (χ0) is 13.4. The Morgan fingerprint density at radius 3 is 2.89 bits per heavy atom. The second kappa shape index (κ2) is 5.22. The summed E-state index contributed by atoms with van der Waals surface area (Å²) in [6, 6.07) is 5.79. The Labute approximate surface area is 114 Å². The predicted molar refractivity (Wildman–Crippen MR) is 73.4 cm³/mol. The Balaban J connectivity index is 1.56. The van der Waals surface area contributed by atoms with E-state index in [1.807, 2.05) is 6.07 Å². The van der Waals surface area contributed by atoms with E-state index in [2.05, 4.69) is 4.90 Å². The second-order valence-electron chi connectivity index (χ2n) is 6.14. The molecule has 3 rings (SSSR count). The highest BCUT2D eigenvalue weighted by molar-refractivity contribution is 5.24. The van der Waals surface area contributed by atoms with Gasteiger partial charge in [0.05, 0.1) is 6.10 Å². The number of hydrogen-bond donors (Lipinski definition) is 1. The molecule has 1 aliphatic carbocycles. The van der Waals surface area contributed by atoms with E-state index in [1.54, 1.807) is 13.0 Å². The lowest BCUT2D eigenvalue weighted by Crippen LogP contribution is -2.33. The molecule has 1 saturated carbocycles. The van der Waals surface area contributed by atoms with E-state index in [9.17, 15) is 9.50 Å². The van der Waals surface area contributed by atoms with Gasteiger partial charge in [0.25, 0.3) is 0 Å². The summed E-state index contributed by atoms with van der Waals surface area (Å²) in [7, 11) is 0. The number of nitrogens with zero attached hydrogens (tertiary/aromatic N) is 1. The van der Waals surface area contributed by atoms with Gasteiger partial charge in [0.2, 0.25) is 0 Å². The molecule has 2 nitrogen and oxygen atoms in total. The first-order valence-corrected chi connectivity index (χ1v) is 7.31. The summed E-state index contributed by atoms with van der Waals surface area (Å²) >= 11 is 0. The molecule has 0 spiro atoms. The van der Waals surface area contributed by atoms with Gasteiger partial charge in [-0.1, -0.05) is 12.1 Å². The molecule has 3 heteroatoms. The Hall–Kier alpha value is -0.930. The van der Waals surface area contributed by atoms with Crippen molar-refractivity contribution in [1.29, 1.82) is 0 Å². The van der Waals surface area contributed by atoms with E-state index in [0.717, 1.165) is 18.5 Å². The monoisotopic (exact) mass is 263 g/mol. The van der Waals surface area contributed by atoms with Gasteiger partial charge >= 0.3 is 0 Å². The van der Waals surface area contributed by atoms with Crippen LogP contribution in [-0.4, -0.2) is 29.1 Å². The smallest absolute Gasteiger partial charge is 0.126 e. The topological polar surface area (TPSA) is 23.5 Å². The molecule has 2 aliphatic rings. The lowest BCUT2D eigenvalue weighted by atomic mass is 10.0. The SMILES string of the molecule is Cc1ccc(C(O)CCN2CC3CCC2C3)cc1F. The van der Waals surface area contributed by atoms with Gasteiger partial charge in [0, 0.05) is 19.1 Å². The lowest BCUT2D eigenvalue weighted by Gasteiger charge is -2.27. The van der Waals surface area contributed by atoms with Crippen molar-refractivity contribution in [1.82, 2.24) is 4.90 Å². The van der Waals surface area contributed by atoms with Gasteiger partial charge in [-0.3, -0.25) is 4.90 Å². The molecule has 0 amide bonds. The lowest BCUT2D eigenvalue weighted by molar-refractivity contribution is 0.129. The maximum Gasteiger partial charge on any atom is 0.126 e. The number of aryl methyl sites for hydroxylation is 1. The van der Waals surface area contributed by atoms with Crippen LogP contribution in [0.1, 0.15) is 42.9 Å². The quantitative estimate of drug-likeness (QED) is 0.902. The van der Waals surface area contributed by atoms with Crippen molar-refractivity contribution in [2.45, 2.75) is 44.8 Å². The fourth-order valence-corrected chi connectivity index (χ4v) is 3.57. The largest absolute Gasteiger partial charge is 0.388 e. The van der Waals surface area contributed by atoms with Gasteiger partial charge in [-0.05, 0) is 55.7 Å². The number of aliphatic hydroxyl groups is 1. The number of hydrogen-bond acceptors (Lipinski definition) is 2. The van der Waals surface area contributed by atoms with Crippen molar-refractivity contribution < 1.29 is 9.50 Å². The third kappa shape index (κ3) is 2.67. The number of benzene rings is 1. The highest BCUT2D eigenvalue weighted by atomic mass is 19.1. The molecule has 104 valence electrons. The van der Waals surface area contributed by atoms with Crippen LogP contribution in [0.15, 0.2) is 18.2 Å². The minimum absolute atomic E-state index is 0.225. The summed E-state index contributed by atoms with van der Waals surface area (Å²) < 4.78 is 13.5. The van der Waals surface area contributed by atoms with Crippen LogP contribution >= 0.6 is 0 Å². The Morgan fingerprint density at radius 2 is 2.26 bits per heavy atom. The summed E-state index contributed by atoms with van der Waals surface area (Å²) in [5.74, 6) is 0.663. The van der Waals surface area contributed by atoms with Gasteiger partial charge in [-0.15, -0.1) is 0 Å². The number of fused-ring (bicyclic) bond motifs is 2. The van der Waals surface area contributed by atoms with Crippen molar-refractivity contribution in [3.63, 3.8) is 0 Å². The summed E-state index contributed by atoms with van der Waals surface area (Å²) in [5.41, 5.74) is 1.33. The van der Waals surface area contributed by atoms with E-state index in [4.69, 9.17) is 0 Å². The molecule has 1 saturated heterocycles. The molecule has 2 bridgehead atoms. The molecular weight excluding hydrogens is 241 g/mol. The van der Waals surface area contributed by atoms with E-state index >= 15 is 0 Å². The van der Waals surface area contributed by atoms with Crippen LogP contribution in [-0.2, 0) is 0 Å². The zero-order valence-electron chi connectivity index (χ0n) is 11.5. The number of rotatable bonds is 4. The van der Waals surface area contributed by atoms with Crippen molar-refractivity contribution in [2.24, 2.45) is 5.92 Å². The Kier molecular flexibility index (Phi) is 3.59. The van der Waals surface area contributed by atoms with Gasteiger partial charge in [-0.2, -0.15) is 0 Å². The normalized spacial score (nSPS) is 27.9. The minimum Gasteiger partial charge on any atom is -0.388 e. The molecule has 0 aromatic heterocycles. The van der Waals surface area contributed by atoms with E-state index in [-0.39, 0.29) is 5.82 Å². The molecule has 1 aliphatic heterocycles. The number of likely N-dealkylation sites (tertiary alicyclic amines) is 1.